The second-order valence-electron chi connectivity index (χ2n) is 6.26. The van der Waals surface area contributed by atoms with Gasteiger partial charge in [0.2, 0.25) is 0 Å². The number of nitrogens with zero attached hydrogens (tertiary/aromatic N) is 4. The van der Waals surface area contributed by atoms with E-state index in [0.29, 0.717) is 12.2 Å². The standard InChI is InChI=1S/C13H23N5O2/c1-13(2,3)18(12(19)20)9-5-6-17(8-9)11-10(14)7-15-16(11)4/h7,9H,5-6,8,14H2,1-4H3,(H,19,20)/t9-/m1/s1. The SMILES string of the molecule is Cn1ncc(N)c1N1CC[C@@H](N(C(=O)O)C(C)(C)C)C1. The van der Waals surface area contributed by atoms with Crippen LogP contribution in [-0.2, 0) is 7.05 Å². The molecule has 1 aliphatic heterocycles. The Labute approximate surface area is 118 Å². The minimum Gasteiger partial charge on any atom is -0.465 e. The third kappa shape index (κ3) is 2.52. The molecule has 2 rings (SSSR count). The molecule has 0 aliphatic carbocycles. The minimum absolute atomic E-state index is 0.0261. The van der Waals surface area contributed by atoms with Crippen molar-refractivity contribution in [1.82, 2.24) is 14.7 Å². The van der Waals surface area contributed by atoms with Crippen molar-refractivity contribution in [2.45, 2.75) is 38.8 Å². The van der Waals surface area contributed by atoms with E-state index < -0.39 is 11.6 Å². The molecule has 1 saturated heterocycles. The van der Waals surface area contributed by atoms with Crippen LogP contribution in [-0.4, -0.2) is 50.6 Å². The summed E-state index contributed by atoms with van der Waals surface area (Å²) in [6.07, 6.45) is 1.55. The van der Waals surface area contributed by atoms with Crippen molar-refractivity contribution >= 4 is 17.6 Å². The smallest absolute Gasteiger partial charge is 0.408 e. The molecule has 0 spiro atoms. The van der Waals surface area contributed by atoms with E-state index >= 15 is 0 Å². The molecular weight excluding hydrogens is 258 g/mol. The lowest BCUT2D eigenvalue weighted by Gasteiger charge is -2.38. The van der Waals surface area contributed by atoms with Crippen molar-refractivity contribution < 1.29 is 9.90 Å². The zero-order chi connectivity index (χ0) is 15.1. The average molecular weight is 281 g/mol. The van der Waals surface area contributed by atoms with E-state index in [9.17, 15) is 9.90 Å². The normalized spacial score (nSPS) is 19.4. The summed E-state index contributed by atoms with van der Waals surface area (Å²) in [4.78, 5) is 15.2. The monoisotopic (exact) mass is 281 g/mol. The lowest BCUT2D eigenvalue weighted by atomic mass is 10.0. The van der Waals surface area contributed by atoms with Gasteiger partial charge in [0.15, 0.2) is 0 Å². The average Bonchev–Trinajstić information content (AvgIpc) is 2.84. The molecule has 1 aromatic rings. The van der Waals surface area contributed by atoms with Crippen LogP contribution in [0.15, 0.2) is 6.20 Å². The lowest BCUT2D eigenvalue weighted by Crippen LogP contribution is -2.52. The van der Waals surface area contributed by atoms with Gasteiger partial charge in [-0.1, -0.05) is 0 Å². The van der Waals surface area contributed by atoms with Crippen LogP contribution in [0.4, 0.5) is 16.3 Å². The van der Waals surface area contributed by atoms with Gasteiger partial charge in [-0.3, -0.25) is 9.58 Å². The first-order valence-electron chi connectivity index (χ1n) is 6.76. The highest BCUT2D eigenvalue weighted by Gasteiger charge is 2.38. The van der Waals surface area contributed by atoms with Crippen molar-refractivity contribution in [3.63, 3.8) is 0 Å². The van der Waals surface area contributed by atoms with E-state index in [-0.39, 0.29) is 6.04 Å². The van der Waals surface area contributed by atoms with Gasteiger partial charge < -0.3 is 15.7 Å². The van der Waals surface area contributed by atoms with Gasteiger partial charge in [-0.05, 0) is 27.2 Å². The molecule has 1 fully saturated rings. The first kappa shape index (κ1) is 14.5. The third-order valence-electron chi connectivity index (χ3n) is 3.69. The zero-order valence-corrected chi connectivity index (χ0v) is 12.5. The molecular formula is C13H23N5O2. The molecule has 20 heavy (non-hydrogen) atoms. The predicted octanol–water partition coefficient (Wildman–Crippen LogP) is 1.36. The number of rotatable bonds is 2. The van der Waals surface area contributed by atoms with Crippen molar-refractivity contribution in [2.75, 3.05) is 23.7 Å². The van der Waals surface area contributed by atoms with Gasteiger partial charge in [0.25, 0.3) is 0 Å². The summed E-state index contributed by atoms with van der Waals surface area (Å²) in [6, 6.07) is -0.0261. The molecule has 1 amide bonds. The number of nitrogens with two attached hydrogens (primary N) is 1. The fraction of sp³-hybridized carbons (Fsp3) is 0.692. The molecule has 1 aromatic heterocycles. The highest BCUT2D eigenvalue weighted by Crippen LogP contribution is 2.30. The Bertz CT molecular complexity index is 486. The van der Waals surface area contributed by atoms with Crippen LogP contribution in [0.5, 0.6) is 0 Å². The Morgan fingerprint density at radius 3 is 2.65 bits per heavy atom. The van der Waals surface area contributed by atoms with E-state index in [2.05, 4.69) is 10.00 Å². The Morgan fingerprint density at radius 1 is 1.55 bits per heavy atom. The summed E-state index contributed by atoms with van der Waals surface area (Å²) in [5.74, 6) is 0.867. The summed E-state index contributed by atoms with van der Waals surface area (Å²) in [6.45, 7) is 7.19. The molecule has 7 heteroatoms. The molecule has 112 valence electrons. The van der Waals surface area contributed by atoms with Gasteiger partial charge in [-0.15, -0.1) is 0 Å². The van der Waals surface area contributed by atoms with Crippen LogP contribution in [0.25, 0.3) is 0 Å². The van der Waals surface area contributed by atoms with Crippen LogP contribution in [0, 0.1) is 0 Å². The second kappa shape index (κ2) is 4.88. The number of carbonyl (C=O) groups is 1. The number of nitrogen functional groups attached to an aromatic ring is 1. The summed E-state index contributed by atoms with van der Waals surface area (Å²) in [5.41, 5.74) is 6.15. The Hall–Kier alpha value is -1.92. The number of aryl methyl sites for hydroxylation is 1. The maximum Gasteiger partial charge on any atom is 0.408 e. The number of hydrogen-bond donors (Lipinski definition) is 2. The van der Waals surface area contributed by atoms with Gasteiger partial charge in [-0.25, -0.2) is 4.79 Å². The molecule has 2 heterocycles. The predicted molar refractivity (Wildman–Crippen MR) is 77.9 cm³/mol. The molecule has 3 N–H and O–H groups in total. The van der Waals surface area contributed by atoms with Crippen LogP contribution < -0.4 is 10.6 Å². The Morgan fingerprint density at radius 2 is 2.20 bits per heavy atom. The molecule has 0 aromatic carbocycles. The van der Waals surface area contributed by atoms with Gasteiger partial charge in [0.1, 0.15) is 5.82 Å². The number of aromatic nitrogens is 2. The molecule has 1 atom stereocenters. The summed E-state index contributed by atoms with van der Waals surface area (Å²) >= 11 is 0. The summed E-state index contributed by atoms with van der Waals surface area (Å²) < 4.78 is 1.74. The highest BCUT2D eigenvalue weighted by atomic mass is 16.4. The van der Waals surface area contributed by atoms with Crippen molar-refractivity contribution in [3.8, 4) is 0 Å². The topological polar surface area (TPSA) is 87.6 Å². The third-order valence-corrected chi connectivity index (χ3v) is 3.69. The van der Waals surface area contributed by atoms with Crippen LogP contribution in [0.3, 0.4) is 0 Å². The van der Waals surface area contributed by atoms with Crippen LogP contribution in [0.2, 0.25) is 0 Å². The van der Waals surface area contributed by atoms with Gasteiger partial charge >= 0.3 is 6.09 Å². The van der Waals surface area contributed by atoms with Crippen LogP contribution in [0.1, 0.15) is 27.2 Å². The summed E-state index contributed by atoms with van der Waals surface area (Å²) in [7, 11) is 1.84. The number of amides is 1. The molecule has 0 radical (unpaired) electrons. The quantitative estimate of drug-likeness (QED) is 0.854. The van der Waals surface area contributed by atoms with Crippen molar-refractivity contribution in [3.05, 3.63) is 6.20 Å². The first-order chi connectivity index (χ1) is 9.21. The largest absolute Gasteiger partial charge is 0.465 e. The van der Waals surface area contributed by atoms with Crippen LogP contribution >= 0.6 is 0 Å². The Balaban J connectivity index is 2.18. The second-order valence-corrected chi connectivity index (χ2v) is 6.26. The summed E-state index contributed by atoms with van der Waals surface area (Å²) in [5, 5.41) is 13.6. The fourth-order valence-corrected chi connectivity index (χ4v) is 2.97. The maximum absolute atomic E-state index is 11.5. The molecule has 1 aliphatic rings. The first-order valence-corrected chi connectivity index (χ1v) is 6.76. The molecule has 0 unspecified atom stereocenters. The lowest BCUT2D eigenvalue weighted by molar-refractivity contribution is 0.0763. The van der Waals surface area contributed by atoms with E-state index in [1.54, 1.807) is 15.8 Å². The van der Waals surface area contributed by atoms with Gasteiger partial charge in [-0.2, -0.15) is 5.10 Å². The van der Waals surface area contributed by atoms with E-state index in [1.807, 2.05) is 27.8 Å². The number of anilines is 2. The molecule has 7 nitrogen and oxygen atoms in total. The molecule has 0 saturated carbocycles. The van der Waals surface area contributed by atoms with E-state index in [0.717, 1.165) is 18.8 Å². The van der Waals surface area contributed by atoms with Gasteiger partial charge in [0, 0.05) is 25.7 Å². The highest BCUT2D eigenvalue weighted by molar-refractivity contribution is 5.67. The van der Waals surface area contributed by atoms with Crippen molar-refractivity contribution in [1.29, 1.82) is 0 Å². The van der Waals surface area contributed by atoms with Gasteiger partial charge in [0.05, 0.1) is 17.9 Å². The van der Waals surface area contributed by atoms with E-state index in [1.165, 1.54) is 0 Å². The Kier molecular flexibility index (Phi) is 3.54. The zero-order valence-electron chi connectivity index (χ0n) is 12.5. The number of carboxylic acid groups (broad SMARTS) is 1. The minimum atomic E-state index is -0.873. The maximum atomic E-state index is 11.5. The van der Waals surface area contributed by atoms with E-state index in [4.69, 9.17) is 5.73 Å². The fourth-order valence-electron chi connectivity index (χ4n) is 2.97. The molecule has 0 bridgehead atoms. The number of hydrogen-bond acceptors (Lipinski definition) is 4. The van der Waals surface area contributed by atoms with Crippen molar-refractivity contribution in [2.24, 2.45) is 7.05 Å².